The molecule has 1 saturated heterocycles. The maximum atomic E-state index is 13.6. The molecule has 2 rings (SSSR count). The lowest BCUT2D eigenvalue weighted by Crippen LogP contribution is -2.38. The molecule has 1 aromatic rings. The smallest absolute Gasteiger partial charge is 0.256 e. The third-order valence-electron chi connectivity index (χ3n) is 3.14. The normalized spacial score (nSPS) is 19.0. The molecule has 18 heavy (non-hydrogen) atoms. The summed E-state index contributed by atoms with van der Waals surface area (Å²) in [5.41, 5.74) is -0.0739. The maximum absolute atomic E-state index is 13.6. The van der Waals surface area contributed by atoms with E-state index in [4.69, 9.17) is 0 Å². The van der Waals surface area contributed by atoms with Crippen molar-refractivity contribution in [2.75, 3.05) is 20.1 Å². The zero-order valence-corrected chi connectivity index (χ0v) is 12.0. The van der Waals surface area contributed by atoms with E-state index in [1.54, 1.807) is 29.6 Å². The topological polar surface area (TPSA) is 32.3 Å². The molecule has 6 heteroatoms. The molecule has 0 aliphatic carbocycles. The molecule has 3 nitrogen and oxygen atoms in total. The fourth-order valence-electron chi connectivity index (χ4n) is 2.01. The fraction of sp³-hybridized carbons (Fsp3) is 0.417. The summed E-state index contributed by atoms with van der Waals surface area (Å²) in [6.07, 6.45) is 0.849. The van der Waals surface area contributed by atoms with Crippen LogP contribution in [0.5, 0.6) is 0 Å². The van der Waals surface area contributed by atoms with E-state index in [0.717, 1.165) is 19.0 Å². The number of hydrogen-bond donors (Lipinski definition) is 1. The van der Waals surface area contributed by atoms with Crippen molar-refractivity contribution in [2.24, 2.45) is 0 Å². The molecule has 1 N–H and O–H groups in total. The second kappa shape index (κ2) is 5.48. The molecule has 98 valence electrons. The van der Waals surface area contributed by atoms with Gasteiger partial charge in [-0.1, -0.05) is 0 Å². The SMILES string of the molecule is CN(C(=O)c1cc(I)c(F)cc1F)C1CCNC1. The Balaban J connectivity index is 2.25. The molecule has 0 spiro atoms. The zero-order chi connectivity index (χ0) is 13.3. The standard InChI is InChI=1S/C12H13F2IN2O/c1-17(7-2-3-16-6-7)12(18)8-4-11(15)10(14)5-9(8)13/h4-5,7,16H,2-3,6H2,1H3. The van der Waals surface area contributed by atoms with Crippen molar-refractivity contribution in [3.63, 3.8) is 0 Å². The van der Waals surface area contributed by atoms with Crippen molar-refractivity contribution in [3.05, 3.63) is 32.9 Å². The monoisotopic (exact) mass is 366 g/mol. The molecule has 1 fully saturated rings. The van der Waals surface area contributed by atoms with Crippen LogP contribution in [0.15, 0.2) is 12.1 Å². The first-order valence-electron chi connectivity index (χ1n) is 5.63. The van der Waals surface area contributed by atoms with Crippen LogP contribution in [0.1, 0.15) is 16.8 Å². The first-order chi connectivity index (χ1) is 8.50. The van der Waals surface area contributed by atoms with Crippen molar-refractivity contribution >= 4 is 28.5 Å². The van der Waals surface area contributed by atoms with Crippen LogP contribution in [0.2, 0.25) is 0 Å². The number of carbonyl (C=O) groups is 1. The molecule has 0 saturated carbocycles. The van der Waals surface area contributed by atoms with Crippen molar-refractivity contribution < 1.29 is 13.6 Å². The van der Waals surface area contributed by atoms with Crippen LogP contribution in [-0.2, 0) is 0 Å². The molecule has 1 heterocycles. The van der Waals surface area contributed by atoms with Crippen molar-refractivity contribution in [1.29, 1.82) is 0 Å². The summed E-state index contributed by atoms with van der Waals surface area (Å²) in [4.78, 5) is 13.7. The average molecular weight is 366 g/mol. The summed E-state index contributed by atoms with van der Waals surface area (Å²) >= 11 is 1.75. The number of nitrogens with zero attached hydrogens (tertiary/aromatic N) is 1. The highest BCUT2D eigenvalue weighted by Crippen LogP contribution is 2.19. The van der Waals surface area contributed by atoms with Crippen LogP contribution in [0.3, 0.4) is 0 Å². The Hall–Kier alpha value is -0.760. The van der Waals surface area contributed by atoms with E-state index in [2.05, 4.69) is 5.32 Å². The largest absolute Gasteiger partial charge is 0.337 e. The summed E-state index contributed by atoms with van der Waals surface area (Å²) in [5.74, 6) is -1.86. The van der Waals surface area contributed by atoms with E-state index in [9.17, 15) is 13.6 Å². The second-order valence-electron chi connectivity index (χ2n) is 4.31. The minimum Gasteiger partial charge on any atom is -0.337 e. The lowest BCUT2D eigenvalue weighted by atomic mass is 10.1. The Morgan fingerprint density at radius 2 is 2.17 bits per heavy atom. The third-order valence-corrected chi connectivity index (χ3v) is 3.97. The van der Waals surface area contributed by atoms with E-state index in [-0.39, 0.29) is 15.2 Å². The van der Waals surface area contributed by atoms with Crippen LogP contribution in [-0.4, -0.2) is 37.0 Å². The number of hydrogen-bond acceptors (Lipinski definition) is 2. The summed E-state index contributed by atoms with van der Waals surface area (Å²) in [7, 11) is 1.65. The van der Waals surface area contributed by atoms with Crippen molar-refractivity contribution in [1.82, 2.24) is 10.2 Å². The lowest BCUT2D eigenvalue weighted by molar-refractivity contribution is 0.0739. The van der Waals surface area contributed by atoms with Gasteiger partial charge in [-0.05, 0) is 41.6 Å². The molecule has 1 aliphatic rings. The number of benzene rings is 1. The lowest BCUT2D eigenvalue weighted by Gasteiger charge is -2.24. The number of carbonyl (C=O) groups excluding carboxylic acids is 1. The highest BCUT2D eigenvalue weighted by atomic mass is 127. The van der Waals surface area contributed by atoms with E-state index >= 15 is 0 Å². The Labute approximate surface area is 118 Å². The van der Waals surface area contributed by atoms with Crippen LogP contribution in [0.25, 0.3) is 0 Å². The highest BCUT2D eigenvalue weighted by molar-refractivity contribution is 14.1. The van der Waals surface area contributed by atoms with Gasteiger partial charge in [0.1, 0.15) is 11.6 Å². The molecule has 0 aromatic heterocycles. The number of rotatable bonds is 2. The first kappa shape index (κ1) is 13.7. The molecule has 1 atom stereocenters. The molecule has 1 aliphatic heterocycles. The van der Waals surface area contributed by atoms with Gasteiger partial charge in [0.25, 0.3) is 5.91 Å². The quantitative estimate of drug-likeness (QED) is 0.642. The van der Waals surface area contributed by atoms with Crippen LogP contribution >= 0.6 is 22.6 Å². The van der Waals surface area contributed by atoms with Crippen molar-refractivity contribution in [2.45, 2.75) is 12.5 Å². The van der Waals surface area contributed by atoms with E-state index in [1.165, 1.54) is 11.0 Å². The van der Waals surface area contributed by atoms with Gasteiger partial charge in [0.05, 0.1) is 5.56 Å². The summed E-state index contributed by atoms with van der Waals surface area (Å²) in [5, 5.41) is 3.15. The molecule has 1 unspecified atom stereocenters. The Morgan fingerprint density at radius 3 is 2.78 bits per heavy atom. The number of amides is 1. The van der Waals surface area contributed by atoms with Gasteiger partial charge in [-0.15, -0.1) is 0 Å². The Morgan fingerprint density at radius 1 is 1.44 bits per heavy atom. The maximum Gasteiger partial charge on any atom is 0.256 e. The average Bonchev–Trinajstić information content (AvgIpc) is 2.85. The van der Waals surface area contributed by atoms with E-state index in [1.807, 2.05) is 0 Å². The predicted molar refractivity (Wildman–Crippen MR) is 72.4 cm³/mol. The number of nitrogens with one attached hydrogen (secondary N) is 1. The molecule has 0 radical (unpaired) electrons. The molecule has 1 aromatic carbocycles. The molecular formula is C12H13F2IN2O. The van der Waals surface area contributed by atoms with Crippen LogP contribution in [0, 0.1) is 15.2 Å². The third kappa shape index (κ3) is 2.64. The van der Waals surface area contributed by atoms with Gasteiger partial charge in [0.2, 0.25) is 0 Å². The van der Waals surface area contributed by atoms with Crippen molar-refractivity contribution in [3.8, 4) is 0 Å². The summed E-state index contributed by atoms with van der Waals surface area (Å²) in [6.45, 7) is 1.56. The minimum atomic E-state index is -0.810. The highest BCUT2D eigenvalue weighted by Gasteiger charge is 2.26. The van der Waals surface area contributed by atoms with E-state index in [0.29, 0.717) is 6.54 Å². The van der Waals surface area contributed by atoms with Gasteiger partial charge >= 0.3 is 0 Å². The Bertz CT molecular complexity index is 475. The number of halogens is 3. The number of likely N-dealkylation sites (N-methyl/N-ethyl adjacent to an activating group) is 1. The first-order valence-corrected chi connectivity index (χ1v) is 6.71. The summed E-state index contributed by atoms with van der Waals surface area (Å²) in [6, 6.07) is 2.09. The van der Waals surface area contributed by atoms with Crippen LogP contribution < -0.4 is 5.32 Å². The van der Waals surface area contributed by atoms with E-state index < -0.39 is 17.5 Å². The van der Waals surface area contributed by atoms with Gasteiger partial charge < -0.3 is 10.2 Å². The van der Waals surface area contributed by atoms with Gasteiger partial charge in [-0.3, -0.25) is 4.79 Å². The molecule has 1 amide bonds. The minimum absolute atomic E-state index is 0.0691. The zero-order valence-electron chi connectivity index (χ0n) is 9.84. The molecule has 0 bridgehead atoms. The van der Waals surface area contributed by atoms with Gasteiger partial charge in [-0.25, -0.2) is 8.78 Å². The molecular weight excluding hydrogens is 353 g/mol. The Kier molecular flexibility index (Phi) is 4.16. The fourth-order valence-corrected chi connectivity index (χ4v) is 2.48. The second-order valence-corrected chi connectivity index (χ2v) is 5.47. The van der Waals surface area contributed by atoms with Gasteiger partial charge in [0.15, 0.2) is 0 Å². The van der Waals surface area contributed by atoms with Gasteiger partial charge in [0, 0.05) is 29.3 Å². The van der Waals surface area contributed by atoms with Gasteiger partial charge in [-0.2, -0.15) is 0 Å². The predicted octanol–water partition coefficient (Wildman–Crippen LogP) is 2.00. The summed E-state index contributed by atoms with van der Waals surface area (Å²) < 4.78 is 27.0. The van der Waals surface area contributed by atoms with Crippen LogP contribution in [0.4, 0.5) is 8.78 Å².